The summed E-state index contributed by atoms with van der Waals surface area (Å²) in [5.41, 5.74) is 1.70. The fourth-order valence-corrected chi connectivity index (χ4v) is 5.96. The third kappa shape index (κ3) is 4.52. The van der Waals surface area contributed by atoms with Crippen LogP contribution in [0, 0.1) is 5.92 Å². The summed E-state index contributed by atoms with van der Waals surface area (Å²) in [6.07, 6.45) is 2.13. The number of ether oxygens (including phenoxy) is 1. The Hall–Kier alpha value is -2.65. The number of thiophene rings is 1. The lowest BCUT2D eigenvalue weighted by Crippen LogP contribution is -2.32. The van der Waals surface area contributed by atoms with Gasteiger partial charge in [-0.1, -0.05) is 36.9 Å². The normalized spacial score (nSPS) is 15.5. The van der Waals surface area contributed by atoms with Crippen LogP contribution in [-0.4, -0.2) is 33.9 Å². The lowest BCUT2D eigenvalue weighted by molar-refractivity contribution is -0.117. The Kier molecular flexibility index (Phi) is 6.43. The van der Waals surface area contributed by atoms with E-state index in [4.69, 9.17) is 9.72 Å². The number of hydrogen-bond acceptors (Lipinski definition) is 7. The Balaban J connectivity index is 1.74. The average molecular weight is 458 g/mol. The summed E-state index contributed by atoms with van der Waals surface area (Å²) in [5, 5.41) is 3.29. The van der Waals surface area contributed by atoms with Crippen molar-refractivity contribution in [3.8, 4) is 5.69 Å². The monoisotopic (exact) mass is 457 g/mol. The number of thioether (sulfide) groups is 1. The van der Waals surface area contributed by atoms with Crippen molar-refractivity contribution in [1.82, 2.24) is 14.9 Å². The quantitative estimate of drug-likeness (QED) is 0.461. The van der Waals surface area contributed by atoms with Crippen LogP contribution in [0.2, 0.25) is 0 Å². The molecule has 162 valence electrons. The van der Waals surface area contributed by atoms with Gasteiger partial charge in [-0.15, -0.1) is 11.3 Å². The number of para-hydroxylation sites is 1. The number of rotatable bonds is 5. The maximum atomic E-state index is 13.6. The molecule has 1 atom stereocenters. The molecule has 4 rings (SSSR count). The molecule has 0 saturated heterocycles. The van der Waals surface area contributed by atoms with Crippen LogP contribution in [0.3, 0.4) is 0 Å². The van der Waals surface area contributed by atoms with Crippen molar-refractivity contribution < 1.29 is 14.3 Å². The molecular formula is C22H23N3O4S2. The van der Waals surface area contributed by atoms with E-state index >= 15 is 0 Å². The Morgan fingerprint density at radius 3 is 2.84 bits per heavy atom. The van der Waals surface area contributed by atoms with Gasteiger partial charge in [0.25, 0.3) is 5.56 Å². The van der Waals surface area contributed by atoms with Gasteiger partial charge in [-0.2, -0.15) is 0 Å². The number of aromatic nitrogens is 2. The van der Waals surface area contributed by atoms with Gasteiger partial charge in [0.1, 0.15) is 4.83 Å². The molecule has 0 spiro atoms. The zero-order valence-electron chi connectivity index (χ0n) is 17.3. The SMILES string of the molecule is CCOC(=O)NC(=O)CSc1nc2sc3c(c2c(=O)n1-c1ccccc1)CCC(C)C3. The highest BCUT2D eigenvalue weighted by atomic mass is 32.2. The molecule has 1 unspecified atom stereocenters. The maximum Gasteiger partial charge on any atom is 0.413 e. The minimum atomic E-state index is -0.781. The third-order valence-corrected chi connectivity index (χ3v) is 7.25. The van der Waals surface area contributed by atoms with Crippen LogP contribution in [0.1, 0.15) is 30.7 Å². The van der Waals surface area contributed by atoms with Crippen LogP contribution in [0.25, 0.3) is 15.9 Å². The van der Waals surface area contributed by atoms with Crippen molar-refractivity contribution >= 4 is 45.3 Å². The number of nitrogens with one attached hydrogen (secondary N) is 1. The van der Waals surface area contributed by atoms with Crippen LogP contribution in [0.4, 0.5) is 4.79 Å². The molecule has 31 heavy (non-hydrogen) atoms. The molecule has 1 N–H and O–H groups in total. The number of amides is 2. The first-order chi connectivity index (χ1) is 15.0. The minimum absolute atomic E-state index is 0.0638. The zero-order valence-corrected chi connectivity index (χ0v) is 19.0. The summed E-state index contributed by atoms with van der Waals surface area (Å²) < 4.78 is 6.31. The van der Waals surface area contributed by atoms with Crippen LogP contribution in [0.5, 0.6) is 0 Å². The fraction of sp³-hybridized carbons (Fsp3) is 0.364. The highest BCUT2D eigenvalue weighted by Crippen LogP contribution is 2.36. The number of imide groups is 1. The first-order valence-corrected chi connectivity index (χ1v) is 12.0. The molecule has 1 aliphatic rings. The molecule has 9 heteroatoms. The van der Waals surface area contributed by atoms with E-state index in [2.05, 4.69) is 12.2 Å². The second kappa shape index (κ2) is 9.23. The van der Waals surface area contributed by atoms with Gasteiger partial charge in [-0.3, -0.25) is 19.5 Å². The number of aryl methyl sites for hydroxylation is 1. The Labute approximate surface area is 187 Å². The minimum Gasteiger partial charge on any atom is -0.450 e. The first kappa shape index (κ1) is 21.6. The van der Waals surface area contributed by atoms with Crippen molar-refractivity contribution in [2.24, 2.45) is 5.92 Å². The van der Waals surface area contributed by atoms with E-state index in [0.29, 0.717) is 27.0 Å². The van der Waals surface area contributed by atoms with Crippen LogP contribution in [0.15, 0.2) is 40.3 Å². The topological polar surface area (TPSA) is 90.3 Å². The molecule has 2 amide bonds. The standard InChI is InChI=1S/C22H23N3O4S2/c1-3-29-22(28)23-17(26)12-30-21-24-19-18(15-10-9-13(2)11-16(15)31-19)20(27)25(21)14-7-5-4-6-8-14/h4-8,13H,3,9-12H2,1-2H3,(H,23,26,28). The third-order valence-electron chi connectivity index (χ3n) is 5.16. The van der Waals surface area contributed by atoms with E-state index in [1.165, 1.54) is 4.88 Å². The molecule has 7 nitrogen and oxygen atoms in total. The van der Waals surface area contributed by atoms with Crippen LogP contribution in [-0.2, 0) is 22.4 Å². The molecule has 1 aromatic carbocycles. The number of nitrogens with zero attached hydrogens (tertiary/aromatic N) is 2. The van der Waals surface area contributed by atoms with E-state index in [0.717, 1.165) is 36.6 Å². The Bertz CT molecular complexity index is 1190. The largest absolute Gasteiger partial charge is 0.450 e. The molecule has 2 heterocycles. The summed E-state index contributed by atoms with van der Waals surface area (Å²) in [6, 6.07) is 9.29. The average Bonchev–Trinajstić information content (AvgIpc) is 3.10. The predicted octanol–water partition coefficient (Wildman–Crippen LogP) is 3.94. The van der Waals surface area contributed by atoms with Gasteiger partial charge >= 0.3 is 6.09 Å². The fourth-order valence-electron chi connectivity index (χ4n) is 3.72. The van der Waals surface area contributed by atoms with E-state index < -0.39 is 12.0 Å². The summed E-state index contributed by atoms with van der Waals surface area (Å²) >= 11 is 2.70. The lowest BCUT2D eigenvalue weighted by atomic mass is 9.89. The number of hydrogen-bond donors (Lipinski definition) is 1. The van der Waals surface area contributed by atoms with Gasteiger partial charge in [-0.25, -0.2) is 9.78 Å². The molecule has 0 saturated carbocycles. The molecule has 0 aliphatic heterocycles. The van der Waals surface area contributed by atoms with Crippen molar-refractivity contribution in [3.05, 3.63) is 51.1 Å². The van der Waals surface area contributed by atoms with Gasteiger partial charge in [0.2, 0.25) is 5.91 Å². The highest BCUT2D eigenvalue weighted by Gasteiger charge is 2.25. The maximum absolute atomic E-state index is 13.6. The second-order valence-electron chi connectivity index (χ2n) is 7.46. The first-order valence-electron chi connectivity index (χ1n) is 10.2. The summed E-state index contributed by atoms with van der Waals surface area (Å²) in [6.45, 7) is 4.07. The molecule has 3 aromatic rings. The summed E-state index contributed by atoms with van der Waals surface area (Å²) in [5.74, 6) is 0.0279. The summed E-state index contributed by atoms with van der Waals surface area (Å²) in [4.78, 5) is 44.0. The number of carbonyl (C=O) groups excluding carboxylic acids is 2. The highest BCUT2D eigenvalue weighted by molar-refractivity contribution is 7.99. The number of benzene rings is 1. The van der Waals surface area contributed by atoms with Crippen LogP contribution >= 0.6 is 23.1 Å². The molecule has 0 fully saturated rings. The van der Waals surface area contributed by atoms with Gasteiger partial charge in [-0.05, 0) is 49.8 Å². The number of carbonyl (C=O) groups is 2. The summed E-state index contributed by atoms with van der Waals surface area (Å²) in [7, 11) is 0. The molecular weight excluding hydrogens is 434 g/mol. The molecule has 0 radical (unpaired) electrons. The molecule has 0 bridgehead atoms. The Morgan fingerprint density at radius 2 is 2.10 bits per heavy atom. The lowest BCUT2D eigenvalue weighted by Gasteiger charge is -2.17. The van der Waals surface area contributed by atoms with Gasteiger partial charge in [0, 0.05) is 4.88 Å². The van der Waals surface area contributed by atoms with Gasteiger partial charge in [0.05, 0.1) is 23.4 Å². The van der Waals surface area contributed by atoms with E-state index in [-0.39, 0.29) is 17.9 Å². The Morgan fingerprint density at radius 1 is 1.32 bits per heavy atom. The zero-order chi connectivity index (χ0) is 22.0. The van der Waals surface area contributed by atoms with Crippen LogP contribution < -0.4 is 10.9 Å². The van der Waals surface area contributed by atoms with Crippen molar-refractivity contribution in [2.75, 3.05) is 12.4 Å². The van der Waals surface area contributed by atoms with Crippen molar-refractivity contribution in [1.29, 1.82) is 0 Å². The molecule has 2 aromatic heterocycles. The second-order valence-corrected chi connectivity index (χ2v) is 9.49. The number of alkyl carbamates (subject to hydrolysis) is 1. The van der Waals surface area contributed by atoms with E-state index in [1.54, 1.807) is 22.8 Å². The van der Waals surface area contributed by atoms with E-state index in [1.807, 2.05) is 30.3 Å². The van der Waals surface area contributed by atoms with E-state index in [9.17, 15) is 14.4 Å². The smallest absolute Gasteiger partial charge is 0.413 e. The van der Waals surface area contributed by atoms with Crippen molar-refractivity contribution in [3.63, 3.8) is 0 Å². The predicted molar refractivity (Wildman–Crippen MR) is 122 cm³/mol. The van der Waals surface area contributed by atoms with Gasteiger partial charge < -0.3 is 4.74 Å². The molecule has 1 aliphatic carbocycles. The number of fused-ring (bicyclic) bond motifs is 3. The van der Waals surface area contributed by atoms with Crippen molar-refractivity contribution in [2.45, 2.75) is 38.3 Å². The van der Waals surface area contributed by atoms with Gasteiger partial charge in [0.15, 0.2) is 5.16 Å².